The molecule has 0 spiro atoms. The Morgan fingerprint density at radius 3 is 2.00 bits per heavy atom. The van der Waals surface area contributed by atoms with Gasteiger partial charge in [-0.1, -0.05) is 25.7 Å². The second kappa shape index (κ2) is 5.47. The Hall–Kier alpha value is -0.130. The number of rotatable bonds is 3. The summed E-state index contributed by atoms with van der Waals surface area (Å²) in [5.74, 6) is 0. The summed E-state index contributed by atoms with van der Waals surface area (Å²) < 4.78 is 28.5. The van der Waals surface area contributed by atoms with E-state index in [0.29, 0.717) is 13.1 Å². The zero-order chi connectivity index (χ0) is 11.4. The van der Waals surface area contributed by atoms with Crippen LogP contribution in [0, 0.1) is 0 Å². The smallest absolute Gasteiger partial charge is 0.199 e. The van der Waals surface area contributed by atoms with Gasteiger partial charge in [-0.15, -0.1) is 0 Å². The summed E-state index contributed by atoms with van der Waals surface area (Å²) in [7, 11) is -3.19. The van der Waals surface area contributed by atoms with Gasteiger partial charge < -0.3 is 0 Å². The van der Waals surface area contributed by atoms with Crippen LogP contribution in [0.15, 0.2) is 0 Å². The van der Waals surface area contributed by atoms with Crippen LogP contribution in [0.25, 0.3) is 0 Å². The molecule has 4 nitrogen and oxygen atoms in total. The van der Waals surface area contributed by atoms with Crippen molar-refractivity contribution in [1.82, 2.24) is 9.03 Å². The molecule has 0 bridgehead atoms. The molecule has 1 aliphatic carbocycles. The molecule has 0 unspecified atom stereocenters. The normalized spacial score (nSPS) is 25.8. The zero-order valence-corrected chi connectivity index (χ0v) is 10.6. The fourth-order valence-electron chi connectivity index (χ4n) is 2.61. The second-order valence-corrected chi connectivity index (χ2v) is 6.62. The van der Waals surface area contributed by atoms with Gasteiger partial charge in [-0.05, 0) is 25.7 Å². The minimum Gasteiger partial charge on any atom is -0.199 e. The third kappa shape index (κ3) is 3.18. The van der Waals surface area contributed by atoms with Crippen LogP contribution in [-0.2, 0) is 10.2 Å². The molecule has 0 aromatic carbocycles. The molecule has 1 saturated carbocycles. The Morgan fingerprint density at radius 1 is 0.875 bits per heavy atom. The van der Waals surface area contributed by atoms with Crippen molar-refractivity contribution in [3.8, 4) is 0 Å². The van der Waals surface area contributed by atoms with Gasteiger partial charge in [0.15, 0.2) is 0 Å². The van der Waals surface area contributed by atoms with E-state index < -0.39 is 10.2 Å². The van der Waals surface area contributed by atoms with Gasteiger partial charge in [0.1, 0.15) is 0 Å². The van der Waals surface area contributed by atoms with Crippen LogP contribution in [0.4, 0.5) is 0 Å². The predicted molar refractivity (Wildman–Crippen MR) is 64.4 cm³/mol. The van der Waals surface area contributed by atoms with Crippen LogP contribution in [0.3, 0.4) is 0 Å². The lowest BCUT2D eigenvalue weighted by Crippen LogP contribution is -2.44. The maximum Gasteiger partial charge on any atom is 0.279 e. The van der Waals surface area contributed by atoms with Crippen molar-refractivity contribution in [3.05, 3.63) is 0 Å². The highest BCUT2D eigenvalue weighted by atomic mass is 32.2. The molecule has 5 heteroatoms. The predicted octanol–water partition coefficient (Wildman–Crippen LogP) is 1.64. The Kier molecular flexibility index (Phi) is 4.21. The molecule has 2 rings (SSSR count). The minimum absolute atomic E-state index is 0.174. The molecule has 0 atom stereocenters. The monoisotopic (exact) mass is 246 g/mol. The summed E-state index contributed by atoms with van der Waals surface area (Å²) in [5, 5.41) is 0. The van der Waals surface area contributed by atoms with Crippen molar-refractivity contribution in [1.29, 1.82) is 0 Å². The van der Waals surface area contributed by atoms with E-state index in [4.69, 9.17) is 0 Å². The van der Waals surface area contributed by atoms with Crippen LogP contribution >= 0.6 is 0 Å². The summed E-state index contributed by atoms with van der Waals surface area (Å²) in [5.41, 5.74) is 0. The molecule has 2 aliphatic rings. The van der Waals surface area contributed by atoms with Gasteiger partial charge in [-0.25, -0.2) is 0 Å². The molecule has 0 aromatic heterocycles. The molecule has 1 heterocycles. The van der Waals surface area contributed by atoms with E-state index >= 15 is 0 Å². The van der Waals surface area contributed by atoms with E-state index in [1.54, 1.807) is 4.31 Å². The van der Waals surface area contributed by atoms with Crippen molar-refractivity contribution in [3.63, 3.8) is 0 Å². The van der Waals surface area contributed by atoms with Crippen LogP contribution in [-0.4, -0.2) is 31.9 Å². The lowest BCUT2D eigenvalue weighted by atomic mass is 10.1. The van der Waals surface area contributed by atoms with Gasteiger partial charge in [-0.3, -0.25) is 0 Å². The standard InChI is InChI=1S/C11H22N2O2S/c14-16(15,13-9-5-6-10-13)12-11-7-3-1-2-4-8-11/h11-12H,1-10H2. The summed E-state index contributed by atoms with van der Waals surface area (Å²) >= 11 is 0. The molecular weight excluding hydrogens is 224 g/mol. The third-order valence-electron chi connectivity index (χ3n) is 3.58. The topological polar surface area (TPSA) is 49.4 Å². The molecule has 0 radical (unpaired) electrons. The first-order valence-corrected chi connectivity index (χ1v) is 7.90. The fourth-order valence-corrected chi connectivity index (χ4v) is 4.16. The van der Waals surface area contributed by atoms with Crippen LogP contribution in [0.2, 0.25) is 0 Å². The summed E-state index contributed by atoms with van der Waals surface area (Å²) in [6.45, 7) is 1.39. The Balaban J connectivity index is 1.91. The molecule has 0 aromatic rings. The van der Waals surface area contributed by atoms with Crippen molar-refractivity contribution in [2.24, 2.45) is 0 Å². The Labute approximate surface area is 98.6 Å². The largest absolute Gasteiger partial charge is 0.279 e. The quantitative estimate of drug-likeness (QED) is 0.770. The van der Waals surface area contributed by atoms with Gasteiger partial charge in [0.2, 0.25) is 0 Å². The van der Waals surface area contributed by atoms with Crippen molar-refractivity contribution >= 4 is 10.2 Å². The Morgan fingerprint density at radius 2 is 1.44 bits per heavy atom. The molecule has 2 fully saturated rings. The van der Waals surface area contributed by atoms with E-state index in [1.165, 1.54) is 12.8 Å². The van der Waals surface area contributed by atoms with Gasteiger partial charge in [0.25, 0.3) is 10.2 Å². The van der Waals surface area contributed by atoms with Gasteiger partial charge in [-0.2, -0.15) is 17.4 Å². The molecule has 1 aliphatic heterocycles. The lowest BCUT2D eigenvalue weighted by Gasteiger charge is -2.21. The van der Waals surface area contributed by atoms with E-state index in [1.807, 2.05) is 0 Å². The first-order chi connectivity index (χ1) is 7.68. The van der Waals surface area contributed by atoms with Crippen LogP contribution < -0.4 is 4.72 Å². The van der Waals surface area contributed by atoms with E-state index in [2.05, 4.69) is 4.72 Å². The summed E-state index contributed by atoms with van der Waals surface area (Å²) in [4.78, 5) is 0. The lowest BCUT2D eigenvalue weighted by molar-refractivity contribution is 0.439. The Bertz CT molecular complexity index is 302. The fraction of sp³-hybridized carbons (Fsp3) is 1.00. The molecule has 1 N–H and O–H groups in total. The van der Waals surface area contributed by atoms with Gasteiger partial charge >= 0.3 is 0 Å². The highest BCUT2D eigenvalue weighted by Crippen LogP contribution is 2.19. The SMILES string of the molecule is O=S(=O)(NC1CCCCCC1)N1CCCC1. The van der Waals surface area contributed by atoms with Crippen molar-refractivity contribution in [2.45, 2.75) is 57.4 Å². The number of nitrogens with zero attached hydrogens (tertiary/aromatic N) is 1. The first kappa shape index (κ1) is 12.3. The molecular formula is C11H22N2O2S. The maximum atomic E-state index is 12.0. The summed E-state index contributed by atoms with van der Waals surface area (Å²) in [6.07, 6.45) is 8.85. The summed E-state index contributed by atoms with van der Waals surface area (Å²) in [6, 6.07) is 0.174. The van der Waals surface area contributed by atoms with Crippen molar-refractivity contribution < 1.29 is 8.42 Å². The zero-order valence-electron chi connectivity index (χ0n) is 9.82. The van der Waals surface area contributed by atoms with E-state index in [-0.39, 0.29) is 6.04 Å². The van der Waals surface area contributed by atoms with Gasteiger partial charge in [0, 0.05) is 19.1 Å². The van der Waals surface area contributed by atoms with Crippen LogP contribution in [0.1, 0.15) is 51.4 Å². The van der Waals surface area contributed by atoms with Crippen LogP contribution in [0.5, 0.6) is 0 Å². The van der Waals surface area contributed by atoms with Gasteiger partial charge in [0.05, 0.1) is 0 Å². The second-order valence-electron chi connectivity index (χ2n) is 4.92. The van der Waals surface area contributed by atoms with E-state index in [0.717, 1.165) is 38.5 Å². The minimum atomic E-state index is -3.19. The van der Waals surface area contributed by atoms with Crippen molar-refractivity contribution in [2.75, 3.05) is 13.1 Å². The highest BCUT2D eigenvalue weighted by molar-refractivity contribution is 7.87. The van der Waals surface area contributed by atoms with E-state index in [9.17, 15) is 8.42 Å². The number of nitrogens with one attached hydrogen (secondary N) is 1. The third-order valence-corrected chi connectivity index (χ3v) is 5.25. The number of hydrogen-bond acceptors (Lipinski definition) is 2. The molecule has 94 valence electrons. The molecule has 1 saturated heterocycles. The number of hydrogen-bond donors (Lipinski definition) is 1. The average Bonchev–Trinajstić information content (AvgIpc) is 2.67. The first-order valence-electron chi connectivity index (χ1n) is 6.46. The molecule has 16 heavy (non-hydrogen) atoms. The molecule has 0 amide bonds. The average molecular weight is 246 g/mol. The highest BCUT2D eigenvalue weighted by Gasteiger charge is 2.27. The maximum absolute atomic E-state index is 12.0.